The van der Waals surface area contributed by atoms with Crippen LogP contribution in [-0.2, 0) is 17.8 Å². The van der Waals surface area contributed by atoms with Gasteiger partial charge in [-0.05, 0) is 12.0 Å². The van der Waals surface area contributed by atoms with Gasteiger partial charge in [-0.25, -0.2) is 4.98 Å². The molecule has 5 nitrogen and oxygen atoms in total. The highest BCUT2D eigenvalue weighted by molar-refractivity contribution is 7.13. The zero-order valence-electron chi connectivity index (χ0n) is 11.7. The summed E-state index contributed by atoms with van der Waals surface area (Å²) >= 11 is 1.38. The van der Waals surface area contributed by atoms with E-state index < -0.39 is 0 Å². The van der Waals surface area contributed by atoms with Crippen molar-refractivity contribution in [2.45, 2.75) is 19.4 Å². The van der Waals surface area contributed by atoms with Crippen LogP contribution in [0.4, 0.5) is 5.13 Å². The molecule has 2 aromatic rings. The Bertz CT molecular complexity index is 571. The fourth-order valence-corrected chi connectivity index (χ4v) is 2.64. The molecule has 1 aromatic carbocycles. The number of anilines is 1. The molecule has 0 radical (unpaired) electrons. The lowest BCUT2D eigenvalue weighted by Gasteiger charge is -2.21. The lowest BCUT2D eigenvalue weighted by atomic mass is 10.2. The molecule has 1 aromatic heterocycles. The van der Waals surface area contributed by atoms with Crippen LogP contribution in [0.25, 0.3) is 0 Å². The quantitative estimate of drug-likeness (QED) is 0.815. The molecule has 3 N–H and O–H groups in total. The number of hydrogen-bond acceptors (Lipinski definition) is 5. The third kappa shape index (κ3) is 4.84. The average Bonchev–Trinajstić information content (AvgIpc) is 2.91. The van der Waals surface area contributed by atoms with Gasteiger partial charge in [0.15, 0.2) is 5.13 Å². The molecule has 0 spiro atoms. The van der Waals surface area contributed by atoms with Crippen molar-refractivity contribution in [3.05, 3.63) is 47.0 Å². The molecule has 0 unspecified atom stereocenters. The van der Waals surface area contributed by atoms with Gasteiger partial charge in [-0.15, -0.1) is 11.3 Å². The lowest BCUT2D eigenvalue weighted by molar-refractivity contribution is -0.132. The molecule has 1 amide bonds. The van der Waals surface area contributed by atoms with Crippen molar-refractivity contribution in [2.24, 2.45) is 0 Å². The first-order valence-electron chi connectivity index (χ1n) is 6.81. The Balaban J connectivity index is 1.92. The van der Waals surface area contributed by atoms with E-state index in [2.05, 4.69) is 4.98 Å². The fourth-order valence-electron chi connectivity index (χ4n) is 2.05. The summed E-state index contributed by atoms with van der Waals surface area (Å²) < 4.78 is 0. The van der Waals surface area contributed by atoms with E-state index in [1.165, 1.54) is 11.3 Å². The molecule has 0 saturated carbocycles. The number of hydrogen-bond donors (Lipinski definition) is 2. The molecule has 21 heavy (non-hydrogen) atoms. The molecule has 0 saturated heterocycles. The van der Waals surface area contributed by atoms with E-state index >= 15 is 0 Å². The molecular weight excluding hydrogens is 286 g/mol. The van der Waals surface area contributed by atoms with Crippen molar-refractivity contribution in [3.8, 4) is 0 Å². The van der Waals surface area contributed by atoms with Crippen LogP contribution < -0.4 is 5.73 Å². The highest BCUT2D eigenvalue weighted by Crippen LogP contribution is 2.13. The minimum Gasteiger partial charge on any atom is -0.395 e. The fraction of sp³-hybridized carbons (Fsp3) is 0.333. The van der Waals surface area contributed by atoms with E-state index in [0.29, 0.717) is 31.1 Å². The third-order valence-corrected chi connectivity index (χ3v) is 3.83. The molecule has 0 atom stereocenters. The molecule has 6 heteroatoms. The number of thiazole rings is 1. The molecule has 0 fully saturated rings. The first kappa shape index (κ1) is 15.5. The third-order valence-electron chi connectivity index (χ3n) is 3.10. The predicted molar refractivity (Wildman–Crippen MR) is 83.8 cm³/mol. The van der Waals surface area contributed by atoms with Gasteiger partial charge in [-0.1, -0.05) is 30.3 Å². The number of benzene rings is 1. The summed E-state index contributed by atoms with van der Waals surface area (Å²) in [6, 6.07) is 9.76. The summed E-state index contributed by atoms with van der Waals surface area (Å²) in [5.74, 6) is 0.0134. The summed E-state index contributed by atoms with van der Waals surface area (Å²) in [5.41, 5.74) is 7.47. The van der Waals surface area contributed by atoms with Crippen molar-refractivity contribution in [3.63, 3.8) is 0 Å². The van der Waals surface area contributed by atoms with Crippen molar-refractivity contribution < 1.29 is 9.90 Å². The van der Waals surface area contributed by atoms with Crippen molar-refractivity contribution in [2.75, 3.05) is 18.9 Å². The molecule has 112 valence electrons. The molecule has 1 heterocycles. The number of amides is 1. The van der Waals surface area contributed by atoms with Gasteiger partial charge in [0.2, 0.25) is 5.91 Å². The van der Waals surface area contributed by atoms with Gasteiger partial charge in [-0.2, -0.15) is 0 Å². The highest BCUT2D eigenvalue weighted by atomic mass is 32.1. The summed E-state index contributed by atoms with van der Waals surface area (Å²) in [5, 5.41) is 11.5. The van der Waals surface area contributed by atoms with Gasteiger partial charge in [0.1, 0.15) is 0 Å². The summed E-state index contributed by atoms with van der Waals surface area (Å²) in [6.45, 7) is 0.814. The van der Waals surface area contributed by atoms with Crippen LogP contribution in [0.15, 0.2) is 35.7 Å². The second-order valence-electron chi connectivity index (χ2n) is 4.70. The molecule has 2 rings (SSSR count). The van der Waals surface area contributed by atoms with Gasteiger partial charge >= 0.3 is 0 Å². The maximum atomic E-state index is 12.3. The van der Waals surface area contributed by atoms with Crippen LogP contribution in [0, 0.1) is 0 Å². The number of aliphatic hydroxyl groups is 1. The highest BCUT2D eigenvalue weighted by Gasteiger charge is 2.14. The topological polar surface area (TPSA) is 79.5 Å². The van der Waals surface area contributed by atoms with Crippen LogP contribution in [0.5, 0.6) is 0 Å². The number of nitrogens with zero attached hydrogens (tertiary/aromatic N) is 2. The van der Waals surface area contributed by atoms with Gasteiger partial charge in [0, 0.05) is 24.9 Å². The maximum Gasteiger partial charge on any atom is 0.223 e. The average molecular weight is 305 g/mol. The minimum absolute atomic E-state index is 0.0134. The predicted octanol–water partition coefficient (Wildman–Crippen LogP) is 1.68. The van der Waals surface area contributed by atoms with E-state index in [-0.39, 0.29) is 12.5 Å². The monoisotopic (exact) mass is 305 g/mol. The minimum atomic E-state index is -0.0395. The number of nitrogens with two attached hydrogens (primary N) is 1. The smallest absolute Gasteiger partial charge is 0.223 e. The Kier molecular flexibility index (Phi) is 5.71. The number of rotatable bonds is 7. The molecule has 0 aliphatic rings. The molecule has 0 aliphatic heterocycles. The van der Waals surface area contributed by atoms with Gasteiger partial charge in [-0.3, -0.25) is 4.79 Å². The Morgan fingerprint density at radius 3 is 2.71 bits per heavy atom. The second kappa shape index (κ2) is 7.75. The first-order valence-corrected chi connectivity index (χ1v) is 7.69. The van der Waals surface area contributed by atoms with E-state index in [1.54, 1.807) is 4.90 Å². The Morgan fingerprint density at radius 1 is 1.33 bits per heavy atom. The lowest BCUT2D eigenvalue weighted by Crippen LogP contribution is -2.33. The summed E-state index contributed by atoms with van der Waals surface area (Å²) in [4.78, 5) is 18.1. The summed E-state index contributed by atoms with van der Waals surface area (Å²) in [7, 11) is 0. The van der Waals surface area contributed by atoms with Crippen molar-refractivity contribution in [1.29, 1.82) is 0 Å². The largest absolute Gasteiger partial charge is 0.395 e. The number of aryl methyl sites for hydroxylation is 1. The van der Waals surface area contributed by atoms with Gasteiger partial charge < -0.3 is 15.7 Å². The van der Waals surface area contributed by atoms with Gasteiger partial charge in [0.25, 0.3) is 0 Å². The van der Waals surface area contributed by atoms with E-state index in [9.17, 15) is 4.79 Å². The zero-order valence-corrected chi connectivity index (χ0v) is 12.6. The van der Waals surface area contributed by atoms with Crippen molar-refractivity contribution in [1.82, 2.24) is 9.88 Å². The van der Waals surface area contributed by atoms with Crippen LogP contribution >= 0.6 is 11.3 Å². The Morgan fingerprint density at radius 2 is 2.10 bits per heavy atom. The number of carbonyl (C=O) groups is 1. The Hall–Kier alpha value is -1.92. The van der Waals surface area contributed by atoms with Crippen molar-refractivity contribution >= 4 is 22.4 Å². The second-order valence-corrected chi connectivity index (χ2v) is 5.59. The molecule has 0 bridgehead atoms. The number of aromatic nitrogens is 1. The first-order chi connectivity index (χ1) is 10.2. The zero-order chi connectivity index (χ0) is 15.1. The normalized spacial score (nSPS) is 10.5. The van der Waals surface area contributed by atoms with Crippen LogP contribution in [-0.4, -0.2) is 34.0 Å². The van der Waals surface area contributed by atoms with Crippen LogP contribution in [0.3, 0.4) is 0 Å². The SMILES string of the molecule is Nc1nc(CCC(=O)N(CCO)Cc2ccccc2)cs1. The number of carbonyl (C=O) groups excluding carboxylic acids is 1. The van der Waals surface area contributed by atoms with E-state index in [0.717, 1.165) is 11.3 Å². The number of nitrogen functional groups attached to an aromatic ring is 1. The Labute approximate surface area is 128 Å². The van der Waals surface area contributed by atoms with E-state index in [4.69, 9.17) is 10.8 Å². The molecular formula is C15H19N3O2S. The van der Waals surface area contributed by atoms with Crippen LogP contribution in [0.1, 0.15) is 17.7 Å². The number of aliphatic hydroxyl groups excluding tert-OH is 1. The summed E-state index contributed by atoms with van der Waals surface area (Å²) in [6.07, 6.45) is 0.944. The maximum absolute atomic E-state index is 12.3. The standard InChI is InChI=1S/C15H19N3O2S/c16-15-17-13(11-21-15)6-7-14(20)18(8-9-19)10-12-4-2-1-3-5-12/h1-5,11,19H,6-10H2,(H2,16,17). The molecule has 0 aliphatic carbocycles. The van der Waals surface area contributed by atoms with Gasteiger partial charge in [0.05, 0.1) is 12.3 Å². The van der Waals surface area contributed by atoms with E-state index in [1.807, 2.05) is 35.7 Å². The van der Waals surface area contributed by atoms with Crippen LogP contribution in [0.2, 0.25) is 0 Å².